The maximum atomic E-state index is 12.7. The zero-order valence-corrected chi connectivity index (χ0v) is 13.5. The summed E-state index contributed by atoms with van der Waals surface area (Å²) in [5.41, 5.74) is 0.624. The van der Waals surface area contributed by atoms with Gasteiger partial charge in [0.25, 0.3) is 5.91 Å². The van der Waals surface area contributed by atoms with E-state index in [9.17, 15) is 4.79 Å². The number of carbonyl (C=O) groups is 1. The molecule has 0 spiro atoms. The predicted octanol–water partition coefficient (Wildman–Crippen LogP) is 0.530. The molecule has 3 heterocycles. The van der Waals surface area contributed by atoms with Gasteiger partial charge in [0.05, 0.1) is 5.56 Å². The smallest absolute Gasteiger partial charge is 0.257 e. The molecule has 0 unspecified atom stereocenters. The van der Waals surface area contributed by atoms with Crippen molar-refractivity contribution in [3.63, 3.8) is 0 Å². The molecule has 3 aliphatic rings. The minimum atomic E-state index is 0.0535. The van der Waals surface area contributed by atoms with E-state index in [-0.39, 0.29) is 5.91 Å². The van der Waals surface area contributed by atoms with E-state index in [4.69, 9.17) is 9.47 Å². The third kappa shape index (κ3) is 2.77. The van der Waals surface area contributed by atoms with E-state index in [1.54, 1.807) is 0 Å². The third-order valence-electron chi connectivity index (χ3n) is 5.00. The molecule has 1 aromatic carbocycles. The van der Waals surface area contributed by atoms with Crippen LogP contribution in [0.4, 0.5) is 0 Å². The summed E-state index contributed by atoms with van der Waals surface area (Å²) in [6.45, 7) is 7.09. The molecular weight excluding hydrogens is 294 g/mol. The number of hydrogen-bond donors (Lipinski definition) is 0. The fourth-order valence-electron chi connectivity index (χ4n) is 3.45. The van der Waals surface area contributed by atoms with Crippen LogP contribution in [0.3, 0.4) is 0 Å². The van der Waals surface area contributed by atoms with Crippen molar-refractivity contribution in [1.29, 1.82) is 0 Å². The normalized spacial score (nSPS) is 22.7. The highest BCUT2D eigenvalue weighted by Crippen LogP contribution is 2.35. The Morgan fingerprint density at radius 2 is 1.83 bits per heavy atom. The van der Waals surface area contributed by atoms with Crippen molar-refractivity contribution in [2.45, 2.75) is 6.04 Å². The van der Waals surface area contributed by atoms with Crippen LogP contribution in [0, 0.1) is 0 Å². The molecule has 6 heteroatoms. The molecule has 0 aliphatic carbocycles. The van der Waals surface area contributed by atoms with Gasteiger partial charge in [0.2, 0.25) is 0 Å². The van der Waals surface area contributed by atoms with Crippen molar-refractivity contribution in [2.75, 3.05) is 59.5 Å². The molecule has 2 saturated heterocycles. The van der Waals surface area contributed by atoms with Crippen LogP contribution < -0.4 is 9.47 Å². The number of rotatable bonds is 2. The first-order valence-electron chi connectivity index (χ1n) is 8.33. The Morgan fingerprint density at radius 3 is 2.61 bits per heavy atom. The number of piperazine rings is 1. The van der Waals surface area contributed by atoms with Crippen LogP contribution >= 0.6 is 0 Å². The average molecular weight is 317 g/mol. The van der Waals surface area contributed by atoms with E-state index in [2.05, 4.69) is 16.8 Å². The SMILES string of the molecule is CN1CCN(C2CN(C(=O)c3cccc4c3OCCO4)C2)CC1. The molecule has 4 rings (SSSR count). The maximum Gasteiger partial charge on any atom is 0.257 e. The van der Waals surface area contributed by atoms with Gasteiger partial charge >= 0.3 is 0 Å². The summed E-state index contributed by atoms with van der Waals surface area (Å²) in [5.74, 6) is 1.34. The number of benzene rings is 1. The van der Waals surface area contributed by atoms with Gasteiger partial charge in [0.1, 0.15) is 13.2 Å². The topological polar surface area (TPSA) is 45.2 Å². The summed E-state index contributed by atoms with van der Waals surface area (Å²) in [4.78, 5) is 19.5. The van der Waals surface area contributed by atoms with Crippen LogP contribution in [-0.4, -0.2) is 86.2 Å². The lowest BCUT2D eigenvalue weighted by Gasteiger charge is -2.47. The predicted molar refractivity (Wildman–Crippen MR) is 86.2 cm³/mol. The Kier molecular flexibility index (Phi) is 3.87. The largest absolute Gasteiger partial charge is 0.486 e. The van der Waals surface area contributed by atoms with Gasteiger partial charge in [-0.3, -0.25) is 9.69 Å². The lowest BCUT2D eigenvalue weighted by molar-refractivity contribution is 0.0106. The molecule has 3 aliphatic heterocycles. The lowest BCUT2D eigenvalue weighted by atomic mass is 10.0. The second-order valence-electron chi connectivity index (χ2n) is 6.53. The van der Waals surface area contributed by atoms with Crippen LogP contribution in [0.2, 0.25) is 0 Å². The van der Waals surface area contributed by atoms with E-state index in [1.165, 1.54) is 0 Å². The molecule has 2 fully saturated rings. The molecule has 124 valence electrons. The Bertz CT molecular complexity index is 593. The average Bonchev–Trinajstić information content (AvgIpc) is 2.54. The molecule has 0 aromatic heterocycles. The Labute approximate surface area is 136 Å². The van der Waals surface area contributed by atoms with Crippen LogP contribution in [-0.2, 0) is 0 Å². The second kappa shape index (κ2) is 6.02. The van der Waals surface area contributed by atoms with E-state index < -0.39 is 0 Å². The van der Waals surface area contributed by atoms with E-state index >= 15 is 0 Å². The second-order valence-corrected chi connectivity index (χ2v) is 6.53. The van der Waals surface area contributed by atoms with Crippen molar-refractivity contribution in [2.24, 2.45) is 0 Å². The van der Waals surface area contributed by atoms with Gasteiger partial charge in [-0.2, -0.15) is 0 Å². The first-order chi connectivity index (χ1) is 11.2. The van der Waals surface area contributed by atoms with Crippen LogP contribution in [0.1, 0.15) is 10.4 Å². The number of para-hydroxylation sites is 1. The summed E-state index contributed by atoms with van der Waals surface area (Å²) in [6, 6.07) is 6.05. The van der Waals surface area contributed by atoms with Crippen LogP contribution in [0.15, 0.2) is 18.2 Å². The minimum absolute atomic E-state index is 0.0535. The van der Waals surface area contributed by atoms with Crippen LogP contribution in [0.25, 0.3) is 0 Å². The van der Waals surface area contributed by atoms with Crippen molar-refractivity contribution < 1.29 is 14.3 Å². The van der Waals surface area contributed by atoms with Gasteiger partial charge < -0.3 is 19.3 Å². The molecule has 0 N–H and O–H groups in total. The highest BCUT2D eigenvalue weighted by atomic mass is 16.6. The number of likely N-dealkylation sites (tertiary alicyclic amines) is 1. The fraction of sp³-hybridized carbons (Fsp3) is 0.588. The van der Waals surface area contributed by atoms with Gasteiger partial charge in [-0.15, -0.1) is 0 Å². The van der Waals surface area contributed by atoms with Crippen molar-refractivity contribution >= 4 is 5.91 Å². The van der Waals surface area contributed by atoms with Crippen molar-refractivity contribution in [3.05, 3.63) is 23.8 Å². The standard InChI is InChI=1S/C17H23N3O3/c1-18-5-7-19(8-6-18)13-11-20(12-13)17(21)14-3-2-4-15-16(14)23-10-9-22-15/h2-4,13H,5-12H2,1H3. The number of fused-ring (bicyclic) bond motifs is 1. The van der Waals surface area contributed by atoms with Crippen molar-refractivity contribution in [3.8, 4) is 11.5 Å². The lowest BCUT2D eigenvalue weighted by Crippen LogP contribution is -2.63. The molecule has 0 bridgehead atoms. The van der Waals surface area contributed by atoms with Crippen LogP contribution in [0.5, 0.6) is 11.5 Å². The first-order valence-corrected chi connectivity index (χ1v) is 8.33. The fourth-order valence-corrected chi connectivity index (χ4v) is 3.45. The number of nitrogens with zero attached hydrogens (tertiary/aromatic N) is 3. The molecule has 6 nitrogen and oxygen atoms in total. The van der Waals surface area contributed by atoms with E-state index in [0.717, 1.165) is 39.3 Å². The van der Waals surface area contributed by atoms with Gasteiger partial charge in [0.15, 0.2) is 11.5 Å². The molecule has 23 heavy (non-hydrogen) atoms. The Morgan fingerprint density at radius 1 is 1.09 bits per heavy atom. The number of likely N-dealkylation sites (N-methyl/N-ethyl adjacent to an activating group) is 1. The summed E-state index contributed by atoms with van der Waals surface area (Å²) in [7, 11) is 2.16. The Hall–Kier alpha value is -1.79. The number of amides is 1. The van der Waals surface area contributed by atoms with Gasteiger partial charge in [-0.05, 0) is 19.2 Å². The summed E-state index contributed by atoms with van der Waals surface area (Å²) in [5, 5.41) is 0. The monoisotopic (exact) mass is 317 g/mol. The maximum absolute atomic E-state index is 12.7. The van der Waals surface area contributed by atoms with Gasteiger partial charge in [-0.1, -0.05) is 6.07 Å². The molecule has 1 amide bonds. The third-order valence-corrected chi connectivity index (χ3v) is 5.00. The number of ether oxygens (including phenoxy) is 2. The molecule has 0 saturated carbocycles. The summed E-state index contributed by atoms with van der Waals surface area (Å²) >= 11 is 0. The number of carbonyl (C=O) groups excluding carboxylic acids is 1. The highest BCUT2D eigenvalue weighted by molar-refractivity contribution is 5.98. The van der Waals surface area contributed by atoms with E-state index in [0.29, 0.717) is 36.3 Å². The quantitative estimate of drug-likeness (QED) is 0.796. The Balaban J connectivity index is 1.40. The van der Waals surface area contributed by atoms with Gasteiger partial charge in [0, 0.05) is 45.3 Å². The molecule has 0 atom stereocenters. The summed E-state index contributed by atoms with van der Waals surface area (Å²) < 4.78 is 11.2. The number of hydrogen-bond acceptors (Lipinski definition) is 5. The first kappa shape index (κ1) is 14.8. The molecule has 1 aromatic rings. The molecule has 0 radical (unpaired) electrons. The summed E-state index contributed by atoms with van der Waals surface area (Å²) in [6.07, 6.45) is 0. The zero-order chi connectivity index (χ0) is 15.8. The highest BCUT2D eigenvalue weighted by Gasteiger charge is 2.37. The van der Waals surface area contributed by atoms with Crippen molar-refractivity contribution in [1.82, 2.24) is 14.7 Å². The van der Waals surface area contributed by atoms with Gasteiger partial charge in [-0.25, -0.2) is 0 Å². The minimum Gasteiger partial charge on any atom is -0.486 e. The molecular formula is C17H23N3O3. The zero-order valence-electron chi connectivity index (χ0n) is 13.5. The van der Waals surface area contributed by atoms with E-state index in [1.807, 2.05) is 23.1 Å².